The van der Waals surface area contributed by atoms with Gasteiger partial charge in [0.2, 0.25) is 5.91 Å². The zero-order valence-electron chi connectivity index (χ0n) is 12.6. The van der Waals surface area contributed by atoms with E-state index in [2.05, 4.69) is 0 Å². The first-order valence-corrected chi connectivity index (χ1v) is 9.50. The number of nitrogens with zero attached hydrogens (tertiary/aromatic N) is 1. The largest absolute Gasteiger partial charge is 0.273 e. The van der Waals surface area contributed by atoms with Gasteiger partial charge in [-0.1, -0.05) is 18.2 Å². The van der Waals surface area contributed by atoms with E-state index >= 15 is 0 Å². The highest BCUT2D eigenvalue weighted by Crippen LogP contribution is 2.42. The van der Waals surface area contributed by atoms with Crippen molar-refractivity contribution in [2.75, 3.05) is 5.75 Å². The molecule has 8 heteroatoms. The summed E-state index contributed by atoms with van der Waals surface area (Å²) in [5.41, 5.74) is 0.837. The van der Waals surface area contributed by atoms with Crippen LogP contribution in [0.4, 0.5) is 8.78 Å². The third-order valence-corrected chi connectivity index (χ3v) is 6.94. The maximum Gasteiger partial charge on any atom is 0.268 e. The molecule has 1 fully saturated rings. The molecule has 0 aliphatic carbocycles. The minimum atomic E-state index is -4.22. The van der Waals surface area contributed by atoms with Crippen LogP contribution in [0.15, 0.2) is 47.4 Å². The fourth-order valence-corrected chi connectivity index (χ4v) is 5.79. The zero-order valence-corrected chi connectivity index (χ0v) is 14.2. The van der Waals surface area contributed by atoms with Gasteiger partial charge in [-0.2, -0.15) is 0 Å². The van der Waals surface area contributed by atoms with E-state index in [-0.39, 0.29) is 10.6 Å². The number of thioether (sulfide) groups is 1. The van der Waals surface area contributed by atoms with Gasteiger partial charge >= 0.3 is 0 Å². The number of hydrogen-bond donors (Lipinski definition) is 0. The van der Waals surface area contributed by atoms with E-state index in [9.17, 15) is 22.0 Å². The Bertz CT molecular complexity index is 898. The van der Waals surface area contributed by atoms with Crippen molar-refractivity contribution >= 4 is 27.7 Å². The summed E-state index contributed by atoms with van der Waals surface area (Å²) < 4.78 is 53.2. The number of hydrogen-bond acceptors (Lipinski definition) is 4. The third kappa shape index (κ3) is 2.91. The summed E-state index contributed by atoms with van der Waals surface area (Å²) in [6.45, 7) is 1.53. The van der Waals surface area contributed by atoms with E-state index in [1.54, 1.807) is 0 Å². The Kier molecular flexibility index (Phi) is 4.35. The lowest BCUT2D eigenvalue weighted by molar-refractivity contribution is -0.123. The predicted octanol–water partition coefficient (Wildman–Crippen LogP) is 3.24. The second kappa shape index (κ2) is 6.18. The van der Waals surface area contributed by atoms with E-state index in [1.807, 2.05) is 0 Å². The van der Waals surface area contributed by atoms with E-state index in [0.29, 0.717) is 11.1 Å². The molecular formula is C16H13F2NO3S2. The minimum Gasteiger partial charge on any atom is -0.273 e. The first kappa shape index (κ1) is 16.9. The molecule has 4 nitrogen and oxygen atoms in total. The molecule has 0 radical (unpaired) electrons. The molecular weight excluding hydrogens is 356 g/mol. The number of carbonyl (C=O) groups is 1. The van der Waals surface area contributed by atoms with Crippen LogP contribution in [0.2, 0.25) is 0 Å². The molecule has 24 heavy (non-hydrogen) atoms. The molecule has 3 rings (SSSR count). The van der Waals surface area contributed by atoms with Gasteiger partial charge in [0, 0.05) is 0 Å². The van der Waals surface area contributed by atoms with Crippen molar-refractivity contribution in [3.05, 3.63) is 65.2 Å². The van der Waals surface area contributed by atoms with Crippen LogP contribution in [-0.2, 0) is 14.8 Å². The number of halogens is 2. The fraction of sp³-hybridized carbons (Fsp3) is 0.188. The van der Waals surface area contributed by atoms with E-state index in [4.69, 9.17) is 0 Å². The molecule has 0 aromatic heterocycles. The van der Waals surface area contributed by atoms with E-state index in [0.717, 1.165) is 28.2 Å². The number of sulfonamides is 1. The molecule has 0 spiro atoms. The molecule has 0 N–H and O–H groups in total. The highest BCUT2D eigenvalue weighted by Gasteiger charge is 2.42. The van der Waals surface area contributed by atoms with Crippen molar-refractivity contribution in [1.82, 2.24) is 4.31 Å². The first-order valence-electron chi connectivity index (χ1n) is 7.01. The highest BCUT2D eigenvalue weighted by molar-refractivity contribution is 8.02. The number of rotatable bonds is 3. The van der Waals surface area contributed by atoms with Gasteiger partial charge in [0.05, 0.1) is 10.6 Å². The van der Waals surface area contributed by atoms with Gasteiger partial charge in [-0.3, -0.25) is 4.79 Å². The van der Waals surface area contributed by atoms with Gasteiger partial charge in [0.15, 0.2) is 0 Å². The SMILES string of the molecule is Cc1ccc(F)cc1S(=O)(=O)N1C(=O)CSC1c1ccc(F)cc1. The Morgan fingerprint density at radius 2 is 1.71 bits per heavy atom. The average Bonchev–Trinajstić information content (AvgIpc) is 2.93. The molecule has 1 aliphatic heterocycles. The van der Waals surface area contributed by atoms with Crippen molar-refractivity contribution in [3.8, 4) is 0 Å². The molecule has 126 valence electrons. The monoisotopic (exact) mass is 369 g/mol. The first-order chi connectivity index (χ1) is 11.3. The molecule has 0 saturated carbocycles. The summed E-state index contributed by atoms with van der Waals surface area (Å²) in [6, 6.07) is 8.70. The summed E-state index contributed by atoms with van der Waals surface area (Å²) in [5, 5.41) is -0.800. The van der Waals surface area contributed by atoms with Crippen LogP contribution in [0.3, 0.4) is 0 Å². The molecule has 0 bridgehead atoms. The maximum absolute atomic E-state index is 13.5. The summed E-state index contributed by atoms with van der Waals surface area (Å²) in [4.78, 5) is 12.0. The summed E-state index contributed by atoms with van der Waals surface area (Å²) in [7, 11) is -4.22. The van der Waals surface area contributed by atoms with Crippen LogP contribution in [0.1, 0.15) is 16.5 Å². The molecule has 2 aromatic carbocycles. The number of carbonyl (C=O) groups excluding carboxylic acids is 1. The van der Waals surface area contributed by atoms with Crippen molar-refractivity contribution in [2.45, 2.75) is 17.2 Å². The summed E-state index contributed by atoms with van der Waals surface area (Å²) in [5.74, 6) is -1.76. The summed E-state index contributed by atoms with van der Waals surface area (Å²) in [6.07, 6.45) is 0. The number of benzene rings is 2. The van der Waals surface area contributed by atoms with Gasteiger partial charge in [-0.05, 0) is 42.3 Å². The standard InChI is InChI=1S/C16H13F2NO3S2/c1-10-2-5-13(18)8-14(10)24(21,22)19-15(20)9-23-16(19)11-3-6-12(17)7-4-11/h2-8,16H,9H2,1H3. The normalized spacial score (nSPS) is 18.2. The lowest BCUT2D eigenvalue weighted by atomic mass is 10.2. The van der Waals surface area contributed by atoms with E-state index in [1.165, 1.54) is 37.3 Å². The second-order valence-corrected chi connectivity index (χ2v) is 8.17. The van der Waals surface area contributed by atoms with E-state index < -0.39 is 32.9 Å². The van der Waals surface area contributed by atoms with Crippen LogP contribution in [0, 0.1) is 18.6 Å². The Hall–Kier alpha value is -1.93. The highest BCUT2D eigenvalue weighted by atomic mass is 32.2. The van der Waals surface area contributed by atoms with Gasteiger partial charge in [0.1, 0.15) is 17.0 Å². The number of amides is 1. The van der Waals surface area contributed by atoms with Gasteiger partial charge in [-0.15, -0.1) is 11.8 Å². The topological polar surface area (TPSA) is 54.5 Å². The van der Waals surface area contributed by atoms with Gasteiger partial charge in [0.25, 0.3) is 10.0 Å². The Labute approximate surface area is 142 Å². The van der Waals surface area contributed by atoms with Gasteiger partial charge in [-0.25, -0.2) is 21.5 Å². The van der Waals surface area contributed by atoms with Crippen LogP contribution in [-0.4, -0.2) is 24.4 Å². The molecule has 1 atom stereocenters. The molecule has 2 aromatic rings. The maximum atomic E-state index is 13.5. The van der Waals surface area contributed by atoms with Crippen molar-refractivity contribution in [3.63, 3.8) is 0 Å². The molecule has 1 unspecified atom stereocenters. The van der Waals surface area contributed by atoms with Crippen molar-refractivity contribution < 1.29 is 22.0 Å². The molecule has 1 amide bonds. The molecule has 1 saturated heterocycles. The van der Waals surface area contributed by atoms with Crippen LogP contribution in [0.5, 0.6) is 0 Å². The van der Waals surface area contributed by atoms with Gasteiger partial charge < -0.3 is 0 Å². The smallest absolute Gasteiger partial charge is 0.268 e. The lowest BCUT2D eigenvalue weighted by Gasteiger charge is -2.24. The fourth-order valence-electron chi connectivity index (χ4n) is 2.49. The quantitative estimate of drug-likeness (QED) is 0.834. The minimum absolute atomic E-state index is 0.0182. The second-order valence-electron chi connectivity index (χ2n) is 5.32. The summed E-state index contributed by atoms with van der Waals surface area (Å²) >= 11 is 1.13. The average molecular weight is 369 g/mol. The zero-order chi connectivity index (χ0) is 17.5. The Balaban J connectivity index is 2.08. The molecule has 1 heterocycles. The van der Waals surface area contributed by atoms with Crippen LogP contribution in [0.25, 0.3) is 0 Å². The number of aryl methyl sites for hydroxylation is 1. The third-order valence-electron chi connectivity index (χ3n) is 3.67. The molecule has 1 aliphatic rings. The lowest BCUT2D eigenvalue weighted by Crippen LogP contribution is -2.35. The van der Waals surface area contributed by atoms with Crippen LogP contribution < -0.4 is 0 Å². The van der Waals surface area contributed by atoms with Crippen LogP contribution >= 0.6 is 11.8 Å². The predicted molar refractivity (Wildman–Crippen MR) is 86.8 cm³/mol. The Morgan fingerprint density at radius 3 is 2.38 bits per heavy atom. The Morgan fingerprint density at radius 1 is 1.08 bits per heavy atom. The van der Waals surface area contributed by atoms with Crippen molar-refractivity contribution in [2.24, 2.45) is 0 Å². The van der Waals surface area contributed by atoms with Crippen molar-refractivity contribution in [1.29, 1.82) is 0 Å².